The van der Waals surface area contributed by atoms with Crippen molar-refractivity contribution in [2.45, 2.75) is 58.4 Å². The highest BCUT2D eigenvalue weighted by atomic mass is 79.9. The first kappa shape index (κ1) is 23.8. The number of likely N-dealkylation sites (tertiary alicyclic amines) is 2. The average Bonchev–Trinajstić information content (AvgIpc) is 2.80. The fraction of sp³-hybridized carbons (Fsp3) is 0.625. The van der Waals surface area contributed by atoms with E-state index in [-0.39, 0.29) is 35.6 Å². The number of hydrogen-bond donors (Lipinski definition) is 1. The van der Waals surface area contributed by atoms with Crippen LogP contribution in [0.3, 0.4) is 0 Å². The molecule has 6 nitrogen and oxygen atoms in total. The van der Waals surface area contributed by atoms with Crippen molar-refractivity contribution in [3.63, 3.8) is 0 Å². The van der Waals surface area contributed by atoms with Gasteiger partial charge < -0.3 is 15.1 Å². The van der Waals surface area contributed by atoms with E-state index in [0.29, 0.717) is 31.5 Å². The molecule has 2 fully saturated rings. The van der Waals surface area contributed by atoms with Crippen LogP contribution in [0.2, 0.25) is 0 Å². The predicted molar refractivity (Wildman–Crippen MR) is 125 cm³/mol. The van der Waals surface area contributed by atoms with Crippen molar-refractivity contribution in [3.8, 4) is 0 Å². The lowest BCUT2D eigenvalue weighted by molar-refractivity contribution is -0.137. The number of nitrogens with one attached hydrogen (secondary N) is 1. The molecule has 0 spiro atoms. The summed E-state index contributed by atoms with van der Waals surface area (Å²) in [5.74, 6) is 0.466. The Kier molecular flexibility index (Phi) is 8.52. The molecule has 0 aliphatic carbocycles. The highest BCUT2D eigenvalue weighted by Gasteiger charge is 2.31. The Morgan fingerprint density at radius 2 is 1.48 bits per heavy atom. The van der Waals surface area contributed by atoms with E-state index >= 15 is 0 Å². The maximum absolute atomic E-state index is 12.8. The fourth-order valence-electron chi connectivity index (χ4n) is 4.58. The topological polar surface area (TPSA) is 69.7 Å². The normalized spacial score (nSPS) is 18.3. The Morgan fingerprint density at radius 3 is 2.03 bits per heavy atom. The molecular formula is C24H34BrN3O3. The van der Waals surface area contributed by atoms with Gasteiger partial charge in [0.05, 0.1) is 0 Å². The lowest BCUT2D eigenvalue weighted by Gasteiger charge is -2.36. The maximum Gasteiger partial charge on any atom is 0.253 e. The largest absolute Gasteiger partial charge is 0.353 e. The van der Waals surface area contributed by atoms with E-state index in [9.17, 15) is 14.4 Å². The molecule has 3 amide bonds. The van der Waals surface area contributed by atoms with E-state index in [1.54, 1.807) is 0 Å². The molecule has 0 radical (unpaired) electrons. The van der Waals surface area contributed by atoms with Gasteiger partial charge in [-0.25, -0.2) is 0 Å². The standard InChI is InChI=1S/C24H34BrN3O3/c1-3-17(4-2)23(30)28-15-11-21(12-16-28)26-22(29)18-9-13-27(14-10-18)24(31)19-5-7-20(25)8-6-19/h5-8,17-18,21H,3-4,9-16H2,1-2H3,(H,26,29). The molecule has 3 rings (SSSR count). The van der Waals surface area contributed by atoms with E-state index in [2.05, 4.69) is 35.1 Å². The summed E-state index contributed by atoms with van der Waals surface area (Å²) in [6.45, 7) is 6.79. The minimum absolute atomic E-state index is 0.0286. The van der Waals surface area contributed by atoms with Crippen molar-refractivity contribution in [1.29, 1.82) is 0 Å². The molecule has 170 valence electrons. The monoisotopic (exact) mass is 491 g/mol. The first-order valence-electron chi connectivity index (χ1n) is 11.6. The first-order chi connectivity index (χ1) is 14.9. The summed E-state index contributed by atoms with van der Waals surface area (Å²) >= 11 is 3.39. The zero-order valence-corrected chi connectivity index (χ0v) is 20.2. The van der Waals surface area contributed by atoms with Gasteiger partial charge in [0.1, 0.15) is 0 Å². The SMILES string of the molecule is CCC(CC)C(=O)N1CCC(NC(=O)C2CCN(C(=O)c3ccc(Br)cc3)CC2)CC1. The summed E-state index contributed by atoms with van der Waals surface area (Å²) in [5.41, 5.74) is 0.681. The Hall–Kier alpha value is -1.89. The average molecular weight is 492 g/mol. The number of hydrogen-bond acceptors (Lipinski definition) is 3. The first-order valence-corrected chi connectivity index (χ1v) is 12.4. The van der Waals surface area contributed by atoms with Crippen LogP contribution in [0, 0.1) is 11.8 Å². The summed E-state index contributed by atoms with van der Waals surface area (Å²) in [5, 5.41) is 3.20. The van der Waals surface area contributed by atoms with Gasteiger partial charge in [-0.15, -0.1) is 0 Å². The molecule has 0 aromatic heterocycles. The van der Waals surface area contributed by atoms with Crippen molar-refractivity contribution in [2.75, 3.05) is 26.2 Å². The van der Waals surface area contributed by atoms with Crippen LogP contribution in [0.1, 0.15) is 62.7 Å². The number of halogens is 1. The molecule has 2 aliphatic rings. The van der Waals surface area contributed by atoms with Crippen molar-refractivity contribution in [2.24, 2.45) is 11.8 Å². The van der Waals surface area contributed by atoms with Crippen molar-refractivity contribution >= 4 is 33.7 Å². The van der Waals surface area contributed by atoms with Crippen LogP contribution in [-0.2, 0) is 9.59 Å². The van der Waals surface area contributed by atoms with Crippen molar-refractivity contribution < 1.29 is 14.4 Å². The lowest BCUT2D eigenvalue weighted by atomic mass is 9.94. The van der Waals surface area contributed by atoms with Gasteiger partial charge in [-0.2, -0.15) is 0 Å². The third-order valence-electron chi connectivity index (χ3n) is 6.73. The molecule has 0 atom stereocenters. The molecule has 2 aliphatic heterocycles. The second-order valence-corrected chi connectivity index (χ2v) is 9.61. The van der Waals surface area contributed by atoms with Gasteiger partial charge in [-0.1, -0.05) is 29.8 Å². The van der Waals surface area contributed by atoms with E-state index < -0.39 is 0 Å². The maximum atomic E-state index is 12.8. The summed E-state index contributed by atoms with van der Waals surface area (Å²) in [6, 6.07) is 7.53. The van der Waals surface area contributed by atoms with Crippen LogP contribution in [-0.4, -0.2) is 59.7 Å². The smallest absolute Gasteiger partial charge is 0.253 e. The van der Waals surface area contributed by atoms with Gasteiger partial charge in [0, 0.05) is 54.1 Å². The molecular weight excluding hydrogens is 458 g/mol. The molecule has 1 N–H and O–H groups in total. The van der Waals surface area contributed by atoms with Crippen LogP contribution in [0.5, 0.6) is 0 Å². The molecule has 2 heterocycles. The molecule has 7 heteroatoms. The molecule has 0 unspecified atom stereocenters. The minimum atomic E-state index is -0.0433. The van der Waals surface area contributed by atoms with Crippen molar-refractivity contribution in [1.82, 2.24) is 15.1 Å². The zero-order valence-electron chi connectivity index (χ0n) is 18.6. The molecule has 2 saturated heterocycles. The van der Waals surface area contributed by atoms with E-state index in [1.807, 2.05) is 34.1 Å². The highest BCUT2D eigenvalue weighted by Crippen LogP contribution is 2.22. The zero-order chi connectivity index (χ0) is 22.4. The number of carbonyl (C=O) groups excluding carboxylic acids is 3. The van der Waals surface area contributed by atoms with Gasteiger partial charge in [-0.05, 0) is 62.8 Å². The molecule has 1 aromatic carbocycles. The third kappa shape index (κ3) is 6.09. The number of piperidine rings is 2. The Balaban J connectivity index is 1.42. The second kappa shape index (κ2) is 11.1. The molecule has 0 bridgehead atoms. The van der Waals surface area contributed by atoms with Gasteiger partial charge in [0.15, 0.2) is 0 Å². The lowest BCUT2D eigenvalue weighted by Crippen LogP contribution is -2.50. The summed E-state index contributed by atoms with van der Waals surface area (Å²) in [6.07, 6.45) is 4.79. The number of benzene rings is 1. The fourth-order valence-corrected chi connectivity index (χ4v) is 4.84. The van der Waals surface area contributed by atoms with Crippen LogP contribution >= 0.6 is 15.9 Å². The van der Waals surface area contributed by atoms with E-state index in [1.165, 1.54) is 0 Å². The predicted octanol–water partition coefficient (Wildman–Crippen LogP) is 3.84. The molecule has 0 saturated carbocycles. The van der Waals surface area contributed by atoms with Gasteiger partial charge in [0.2, 0.25) is 11.8 Å². The van der Waals surface area contributed by atoms with Crippen LogP contribution in [0.4, 0.5) is 0 Å². The van der Waals surface area contributed by atoms with E-state index in [4.69, 9.17) is 0 Å². The van der Waals surface area contributed by atoms with E-state index in [0.717, 1.165) is 43.2 Å². The van der Waals surface area contributed by atoms with Crippen LogP contribution in [0.25, 0.3) is 0 Å². The number of carbonyl (C=O) groups is 3. The summed E-state index contributed by atoms with van der Waals surface area (Å²) in [4.78, 5) is 41.8. The van der Waals surface area contributed by atoms with Crippen molar-refractivity contribution in [3.05, 3.63) is 34.3 Å². The molecule has 1 aromatic rings. The van der Waals surface area contributed by atoms with Crippen LogP contribution in [0.15, 0.2) is 28.7 Å². The highest BCUT2D eigenvalue weighted by molar-refractivity contribution is 9.10. The Bertz CT molecular complexity index is 763. The molecule has 31 heavy (non-hydrogen) atoms. The van der Waals surface area contributed by atoms with Crippen LogP contribution < -0.4 is 5.32 Å². The second-order valence-electron chi connectivity index (χ2n) is 8.69. The van der Waals surface area contributed by atoms with Gasteiger partial charge >= 0.3 is 0 Å². The Labute approximate surface area is 193 Å². The minimum Gasteiger partial charge on any atom is -0.353 e. The number of rotatable bonds is 6. The number of amides is 3. The summed E-state index contributed by atoms with van der Waals surface area (Å²) in [7, 11) is 0. The quantitative estimate of drug-likeness (QED) is 0.656. The third-order valence-corrected chi connectivity index (χ3v) is 7.26. The van der Waals surface area contributed by atoms with Gasteiger partial charge in [0.25, 0.3) is 5.91 Å². The summed E-state index contributed by atoms with van der Waals surface area (Å²) < 4.78 is 0.949. The number of nitrogens with zero attached hydrogens (tertiary/aromatic N) is 2. The Morgan fingerprint density at radius 1 is 0.935 bits per heavy atom. The van der Waals surface area contributed by atoms with Gasteiger partial charge in [-0.3, -0.25) is 14.4 Å².